The Morgan fingerprint density at radius 2 is 1.68 bits per heavy atom. The summed E-state index contributed by atoms with van der Waals surface area (Å²) in [4.78, 5) is 24.2. The lowest BCUT2D eigenvalue weighted by molar-refractivity contribution is -0.115. The number of hydrogen-bond donors (Lipinski definition) is 2. The minimum absolute atomic E-state index is 0.196. The molecule has 2 aliphatic rings. The lowest BCUT2D eigenvalue weighted by Crippen LogP contribution is -2.39. The van der Waals surface area contributed by atoms with E-state index in [1.165, 1.54) is 0 Å². The van der Waals surface area contributed by atoms with Crippen molar-refractivity contribution in [3.05, 3.63) is 89.3 Å². The number of thioether (sulfide) groups is 2. The Balaban J connectivity index is 1.35. The first kappa shape index (κ1) is 26.6. The van der Waals surface area contributed by atoms with Crippen LogP contribution in [0.2, 0.25) is 0 Å². The fourth-order valence-electron chi connectivity index (χ4n) is 4.65. The van der Waals surface area contributed by atoms with Gasteiger partial charge in [0, 0.05) is 30.1 Å². The van der Waals surface area contributed by atoms with E-state index in [1.807, 2.05) is 73.0 Å². The average Bonchev–Trinajstić information content (AvgIpc) is 3.51. The van der Waals surface area contributed by atoms with Crippen LogP contribution in [0, 0.1) is 0 Å². The SMILES string of the molecule is CSC1CC(CNc2ccccc2C=C2SC(=O)NC2=O)N(S(=O)(=O)c2ccc(-c3ccccc3)cc2)C1. The highest BCUT2D eigenvalue weighted by atomic mass is 32.2. The largest absolute Gasteiger partial charge is 0.383 e. The molecule has 3 aromatic rings. The van der Waals surface area contributed by atoms with Crippen LogP contribution in [0.3, 0.4) is 0 Å². The number of nitrogens with zero attached hydrogens (tertiary/aromatic N) is 1. The Labute approximate surface area is 231 Å². The Morgan fingerprint density at radius 3 is 2.37 bits per heavy atom. The average molecular weight is 566 g/mol. The van der Waals surface area contributed by atoms with E-state index in [2.05, 4.69) is 10.6 Å². The van der Waals surface area contributed by atoms with Gasteiger partial charge in [0.25, 0.3) is 11.1 Å². The van der Waals surface area contributed by atoms with Gasteiger partial charge in [-0.3, -0.25) is 14.9 Å². The molecule has 0 spiro atoms. The highest BCUT2D eigenvalue weighted by Crippen LogP contribution is 2.33. The van der Waals surface area contributed by atoms with Crippen molar-refractivity contribution >= 4 is 56.5 Å². The maximum absolute atomic E-state index is 13.7. The molecular weight excluding hydrogens is 539 g/mol. The molecule has 38 heavy (non-hydrogen) atoms. The summed E-state index contributed by atoms with van der Waals surface area (Å²) in [6.07, 6.45) is 4.41. The summed E-state index contributed by atoms with van der Waals surface area (Å²) in [6, 6.07) is 24.2. The zero-order chi connectivity index (χ0) is 26.7. The maximum atomic E-state index is 13.7. The molecular formula is C28H27N3O4S3. The molecule has 3 aromatic carbocycles. The summed E-state index contributed by atoms with van der Waals surface area (Å²) < 4.78 is 29.1. The van der Waals surface area contributed by atoms with E-state index in [0.717, 1.165) is 40.6 Å². The number of nitrogens with one attached hydrogen (secondary N) is 2. The van der Waals surface area contributed by atoms with Crippen LogP contribution >= 0.6 is 23.5 Å². The molecule has 2 aliphatic heterocycles. The second-order valence-electron chi connectivity index (χ2n) is 9.03. The number of sulfonamides is 1. The number of benzene rings is 3. The quantitative estimate of drug-likeness (QED) is 0.359. The number of rotatable bonds is 8. The summed E-state index contributed by atoms with van der Waals surface area (Å²) in [5.41, 5.74) is 3.52. The molecule has 2 amide bonds. The molecule has 5 rings (SSSR count). The molecule has 0 aromatic heterocycles. The van der Waals surface area contributed by atoms with Crippen LogP contribution in [0.15, 0.2) is 88.7 Å². The first-order valence-corrected chi connectivity index (χ1v) is 15.7. The van der Waals surface area contributed by atoms with Crippen molar-refractivity contribution in [1.82, 2.24) is 9.62 Å². The normalized spacial score (nSPS) is 21.1. The van der Waals surface area contributed by atoms with E-state index in [1.54, 1.807) is 34.3 Å². The standard InChI is InChI=1S/C28H27N3O4S3/c1-36-23-16-22(17-29-25-10-6-5-9-21(25)15-26-27(32)30-28(33)37-26)31(18-23)38(34,35)24-13-11-20(12-14-24)19-7-3-2-4-8-19/h2-15,22-23,29H,16-18H2,1H3,(H,30,32,33). The second-order valence-corrected chi connectivity index (χ2v) is 13.1. The Bertz CT molecular complexity index is 1470. The van der Waals surface area contributed by atoms with Crippen molar-refractivity contribution < 1.29 is 18.0 Å². The van der Waals surface area contributed by atoms with Crippen LogP contribution in [0.25, 0.3) is 17.2 Å². The van der Waals surface area contributed by atoms with E-state index in [4.69, 9.17) is 0 Å². The lowest BCUT2D eigenvalue weighted by Gasteiger charge is -2.25. The van der Waals surface area contributed by atoms with Gasteiger partial charge in [0.15, 0.2) is 0 Å². The molecule has 2 fully saturated rings. The zero-order valence-electron chi connectivity index (χ0n) is 20.7. The van der Waals surface area contributed by atoms with E-state index in [0.29, 0.717) is 18.0 Å². The first-order chi connectivity index (χ1) is 18.3. The van der Waals surface area contributed by atoms with Gasteiger partial charge in [-0.05, 0) is 65.4 Å². The van der Waals surface area contributed by atoms with Gasteiger partial charge in [0.05, 0.1) is 9.80 Å². The van der Waals surface area contributed by atoms with Crippen LogP contribution in [0.4, 0.5) is 10.5 Å². The van der Waals surface area contributed by atoms with Crippen molar-refractivity contribution in [2.24, 2.45) is 0 Å². The third-order valence-electron chi connectivity index (χ3n) is 6.64. The predicted octanol–water partition coefficient (Wildman–Crippen LogP) is 5.28. The Morgan fingerprint density at radius 1 is 1.00 bits per heavy atom. The van der Waals surface area contributed by atoms with Gasteiger partial charge in [-0.1, -0.05) is 60.7 Å². The van der Waals surface area contributed by atoms with Crippen molar-refractivity contribution in [3.8, 4) is 11.1 Å². The number of hydrogen-bond acceptors (Lipinski definition) is 7. The predicted molar refractivity (Wildman–Crippen MR) is 156 cm³/mol. The number of carbonyl (C=O) groups excluding carboxylic acids is 2. The molecule has 196 valence electrons. The van der Waals surface area contributed by atoms with Gasteiger partial charge in [0.1, 0.15) is 0 Å². The molecule has 0 radical (unpaired) electrons. The third-order valence-corrected chi connectivity index (χ3v) is 10.4. The van der Waals surface area contributed by atoms with E-state index in [9.17, 15) is 18.0 Å². The Hall–Kier alpha value is -3.05. The number of amides is 2. The van der Waals surface area contributed by atoms with Crippen LogP contribution in [-0.4, -0.2) is 54.5 Å². The Kier molecular flexibility index (Phi) is 7.94. The number of para-hydroxylation sites is 1. The van der Waals surface area contributed by atoms with Crippen molar-refractivity contribution in [2.75, 3.05) is 24.7 Å². The minimum Gasteiger partial charge on any atom is -0.383 e. The summed E-state index contributed by atoms with van der Waals surface area (Å²) in [6.45, 7) is 0.859. The molecule has 0 bridgehead atoms. The van der Waals surface area contributed by atoms with Crippen LogP contribution in [0.1, 0.15) is 12.0 Å². The summed E-state index contributed by atoms with van der Waals surface area (Å²) >= 11 is 2.54. The third kappa shape index (κ3) is 5.68. The van der Waals surface area contributed by atoms with Gasteiger partial charge in [-0.15, -0.1) is 0 Å². The van der Waals surface area contributed by atoms with Crippen LogP contribution in [-0.2, 0) is 14.8 Å². The van der Waals surface area contributed by atoms with Gasteiger partial charge in [-0.2, -0.15) is 16.1 Å². The lowest BCUT2D eigenvalue weighted by atomic mass is 10.1. The highest BCUT2D eigenvalue weighted by Gasteiger charge is 2.40. The fraction of sp³-hybridized carbons (Fsp3) is 0.214. The summed E-state index contributed by atoms with van der Waals surface area (Å²) in [5.74, 6) is -0.413. The van der Waals surface area contributed by atoms with E-state index in [-0.39, 0.29) is 16.2 Å². The fourth-order valence-corrected chi connectivity index (χ4v) is 7.83. The highest BCUT2D eigenvalue weighted by molar-refractivity contribution is 8.18. The smallest absolute Gasteiger partial charge is 0.290 e. The summed E-state index contributed by atoms with van der Waals surface area (Å²) in [5, 5.41) is 5.47. The molecule has 2 unspecified atom stereocenters. The van der Waals surface area contributed by atoms with Crippen molar-refractivity contribution in [3.63, 3.8) is 0 Å². The number of carbonyl (C=O) groups is 2. The molecule has 2 N–H and O–H groups in total. The summed E-state index contributed by atoms with van der Waals surface area (Å²) in [7, 11) is -3.70. The first-order valence-electron chi connectivity index (χ1n) is 12.1. The van der Waals surface area contributed by atoms with Gasteiger partial charge >= 0.3 is 0 Å². The molecule has 2 heterocycles. The van der Waals surface area contributed by atoms with Gasteiger partial charge < -0.3 is 5.32 Å². The minimum atomic E-state index is -3.70. The molecule has 0 aliphatic carbocycles. The molecule has 2 saturated heterocycles. The monoisotopic (exact) mass is 565 g/mol. The van der Waals surface area contributed by atoms with Crippen molar-refractivity contribution in [2.45, 2.75) is 22.6 Å². The molecule has 0 saturated carbocycles. The van der Waals surface area contributed by atoms with Crippen molar-refractivity contribution in [1.29, 1.82) is 0 Å². The topological polar surface area (TPSA) is 95.6 Å². The second kappa shape index (κ2) is 11.4. The molecule has 10 heteroatoms. The molecule has 7 nitrogen and oxygen atoms in total. The number of imide groups is 1. The van der Waals surface area contributed by atoms with Gasteiger partial charge in [-0.25, -0.2) is 8.42 Å². The van der Waals surface area contributed by atoms with Crippen LogP contribution in [0.5, 0.6) is 0 Å². The van der Waals surface area contributed by atoms with Crippen LogP contribution < -0.4 is 10.6 Å². The molecule has 2 atom stereocenters. The van der Waals surface area contributed by atoms with E-state index >= 15 is 0 Å². The maximum Gasteiger partial charge on any atom is 0.290 e. The zero-order valence-corrected chi connectivity index (χ0v) is 23.1. The van der Waals surface area contributed by atoms with E-state index < -0.39 is 21.2 Å². The number of anilines is 1. The van der Waals surface area contributed by atoms with Gasteiger partial charge in [0.2, 0.25) is 10.0 Å².